The smallest absolute Gasteiger partial charge is 0.337 e. The van der Waals surface area contributed by atoms with E-state index in [1.165, 1.54) is 0 Å². The standard InChI is InChI=1S/C10H9NO2/c1-7-2-3-9-4-8(10(12)13)6-11(9)5-7/h2-6H,1H3,(H,12,13). The normalized spacial score (nSPS) is 10.5. The summed E-state index contributed by atoms with van der Waals surface area (Å²) in [7, 11) is 0. The Balaban J connectivity index is 2.68. The maximum Gasteiger partial charge on any atom is 0.337 e. The van der Waals surface area contributed by atoms with Gasteiger partial charge in [-0.25, -0.2) is 4.79 Å². The Labute approximate surface area is 75.2 Å². The minimum atomic E-state index is -0.888. The molecule has 2 aromatic rings. The minimum absolute atomic E-state index is 0.325. The van der Waals surface area contributed by atoms with Gasteiger partial charge >= 0.3 is 5.97 Å². The van der Waals surface area contributed by atoms with Crippen molar-refractivity contribution in [3.63, 3.8) is 0 Å². The number of aromatic nitrogens is 1. The molecule has 2 rings (SSSR count). The Hall–Kier alpha value is -1.77. The van der Waals surface area contributed by atoms with Crippen LogP contribution in [0.15, 0.2) is 30.6 Å². The van der Waals surface area contributed by atoms with Crippen LogP contribution in [0.2, 0.25) is 0 Å². The summed E-state index contributed by atoms with van der Waals surface area (Å²) < 4.78 is 1.82. The minimum Gasteiger partial charge on any atom is -0.478 e. The van der Waals surface area contributed by atoms with Gasteiger partial charge in [-0.15, -0.1) is 0 Å². The molecule has 0 atom stereocenters. The van der Waals surface area contributed by atoms with Crippen molar-refractivity contribution >= 4 is 11.5 Å². The summed E-state index contributed by atoms with van der Waals surface area (Å²) >= 11 is 0. The van der Waals surface area contributed by atoms with Crippen molar-refractivity contribution in [2.45, 2.75) is 6.92 Å². The Morgan fingerprint density at radius 3 is 2.85 bits per heavy atom. The Morgan fingerprint density at radius 2 is 2.15 bits per heavy atom. The van der Waals surface area contributed by atoms with E-state index in [0.717, 1.165) is 11.1 Å². The number of pyridine rings is 1. The maximum atomic E-state index is 10.6. The molecule has 0 saturated carbocycles. The SMILES string of the molecule is Cc1ccc2cc(C(=O)O)cn2c1. The van der Waals surface area contributed by atoms with Gasteiger partial charge in [-0.3, -0.25) is 0 Å². The summed E-state index contributed by atoms with van der Waals surface area (Å²) in [5.41, 5.74) is 2.34. The second-order valence-electron chi connectivity index (χ2n) is 3.07. The predicted octanol–water partition coefficient (Wildman–Crippen LogP) is 1.95. The molecule has 2 aromatic heterocycles. The number of nitrogens with zero attached hydrogens (tertiary/aromatic N) is 1. The first-order valence-corrected chi connectivity index (χ1v) is 3.98. The van der Waals surface area contributed by atoms with Gasteiger partial charge in [-0.2, -0.15) is 0 Å². The molecule has 0 saturated heterocycles. The van der Waals surface area contributed by atoms with E-state index >= 15 is 0 Å². The Morgan fingerprint density at radius 1 is 1.38 bits per heavy atom. The molecule has 0 aliphatic rings. The van der Waals surface area contributed by atoms with Gasteiger partial charge in [0.1, 0.15) is 0 Å². The highest BCUT2D eigenvalue weighted by atomic mass is 16.4. The maximum absolute atomic E-state index is 10.6. The monoisotopic (exact) mass is 175 g/mol. The Kier molecular flexibility index (Phi) is 1.59. The van der Waals surface area contributed by atoms with E-state index < -0.39 is 5.97 Å². The van der Waals surface area contributed by atoms with Crippen LogP contribution in [0, 0.1) is 6.92 Å². The number of aromatic carboxylic acids is 1. The zero-order chi connectivity index (χ0) is 9.42. The van der Waals surface area contributed by atoms with Crippen molar-refractivity contribution in [3.8, 4) is 0 Å². The third-order valence-electron chi connectivity index (χ3n) is 1.99. The van der Waals surface area contributed by atoms with E-state index in [1.807, 2.05) is 29.7 Å². The molecular weight excluding hydrogens is 166 g/mol. The zero-order valence-corrected chi connectivity index (χ0v) is 7.19. The lowest BCUT2D eigenvalue weighted by molar-refractivity contribution is 0.0697. The molecule has 0 aromatic carbocycles. The van der Waals surface area contributed by atoms with Gasteiger partial charge < -0.3 is 9.51 Å². The van der Waals surface area contributed by atoms with Gasteiger partial charge in [-0.1, -0.05) is 6.07 Å². The molecule has 0 fully saturated rings. The van der Waals surface area contributed by atoms with Crippen molar-refractivity contribution < 1.29 is 9.90 Å². The van der Waals surface area contributed by atoms with Crippen molar-refractivity contribution in [2.24, 2.45) is 0 Å². The van der Waals surface area contributed by atoms with Gasteiger partial charge in [0, 0.05) is 17.9 Å². The van der Waals surface area contributed by atoms with E-state index in [0.29, 0.717) is 5.56 Å². The molecule has 1 N–H and O–H groups in total. The lowest BCUT2D eigenvalue weighted by Crippen LogP contribution is -1.92. The van der Waals surface area contributed by atoms with Crippen LogP contribution in [-0.4, -0.2) is 15.5 Å². The summed E-state index contributed by atoms with van der Waals surface area (Å²) in [5.74, 6) is -0.888. The number of aryl methyl sites for hydroxylation is 1. The summed E-state index contributed by atoms with van der Waals surface area (Å²) in [6.45, 7) is 1.97. The highest BCUT2D eigenvalue weighted by Crippen LogP contribution is 2.11. The predicted molar refractivity (Wildman–Crippen MR) is 49.1 cm³/mol. The van der Waals surface area contributed by atoms with Crippen LogP contribution in [0.3, 0.4) is 0 Å². The summed E-state index contributed by atoms with van der Waals surface area (Å²) in [5, 5.41) is 8.74. The summed E-state index contributed by atoms with van der Waals surface area (Å²) in [6, 6.07) is 5.52. The number of rotatable bonds is 1. The fraction of sp³-hybridized carbons (Fsp3) is 0.100. The molecule has 0 spiro atoms. The number of carbonyl (C=O) groups is 1. The fourth-order valence-electron chi connectivity index (χ4n) is 1.34. The van der Waals surface area contributed by atoms with Crippen molar-refractivity contribution in [1.29, 1.82) is 0 Å². The summed E-state index contributed by atoms with van der Waals surface area (Å²) in [6.07, 6.45) is 3.52. The zero-order valence-electron chi connectivity index (χ0n) is 7.19. The molecule has 3 nitrogen and oxygen atoms in total. The number of hydrogen-bond donors (Lipinski definition) is 1. The van der Waals surface area contributed by atoms with E-state index in [2.05, 4.69) is 0 Å². The van der Waals surface area contributed by atoms with Crippen molar-refractivity contribution in [2.75, 3.05) is 0 Å². The van der Waals surface area contributed by atoms with Gasteiger partial charge in [-0.05, 0) is 24.6 Å². The second kappa shape index (κ2) is 2.62. The van der Waals surface area contributed by atoms with Gasteiger partial charge in [0.05, 0.1) is 5.56 Å². The van der Waals surface area contributed by atoms with Crippen LogP contribution < -0.4 is 0 Å². The first-order chi connectivity index (χ1) is 6.16. The molecule has 13 heavy (non-hydrogen) atoms. The van der Waals surface area contributed by atoms with Crippen LogP contribution in [0.25, 0.3) is 5.52 Å². The first-order valence-electron chi connectivity index (χ1n) is 3.98. The molecule has 0 radical (unpaired) electrons. The number of hydrogen-bond acceptors (Lipinski definition) is 1. The van der Waals surface area contributed by atoms with Crippen LogP contribution in [-0.2, 0) is 0 Å². The van der Waals surface area contributed by atoms with Gasteiger partial charge in [0.2, 0.25) is 0 Å². The molecule has 0 aliphatic heterocycles. The van der Waals surface area contributed by atoms with Crippen LogP contribution in [0.1, 0.15) is 15.9 Å². The third-order valence-corrected chi connectivity index (χ3v) is 1.99. The highest BCUT2D eigenvalue weighted by Gasteiger charge is 2.05. The van der Waals surface area contributed by atoms with E-state index in [-0.39, 0.29) is 0 Å². The molecule has 0 aliphatic carbocycles. The molecular formula is C10H9NO2. The van der Waals surface area contributed by atoms with Crippen LogP contribution >= 0.6 is 0 Å². The molecule has 0 unspecified atom stereocenters. The largest absolute Gasteiger partial charge is 0.478 e. The molecule has 0 amide bonds. The topological polar surface area (TPSA) is 41.7 Å². The van der Waals surface area contributed by atoms with Gasteiger partial charge in [0.15, 0.2) is 0 Å². The van der Waals surface area contributed by atoms with Gasteiger partial charge in [0.25, 0.3) is 0 Å². The van der Waals surface area contributed by atoms with Crippen molar-refractivity contribution in [3.05, 3.63) is 41.7 Å². The lowest BCUT2D eigenvalue weighted by atomic mass is 10.3. The summed E-state index contributed by atoms with van der Waals surface area (Å²) in [4.78, 5) is 10.6. The van der Waals surface area contributed by atoms with E-state index in [1.54, 1.807) is 12.3 Å². The molecule has 2 heterocycles. The Bertz CT molecular complexity index is 471. The highest BCUT2D eigenvalue weighted by molar-refractivity contribution is 5.89. The number of carboxylic acid groups (broad SMARTS) is 1. The van der Waals surface area contributed by atoms with Crippen LogP contribution in [0.5, 0.6) is 0 Å². The van der Waals surface area contributed by atoms with Crippen molar-refractivity contribution in [1.82, 2.24) is 4.40 Å². The second-order valence-corrected chi connectivity index (χ2v) is 3.07. The average Bonchev–Trinajstić information content (AvgIpc) is 2.46. The van der Waals surface area contributed by atoms with E-state index in [9.17, 15) is 4.79 Å². The first kappa shape index (κ1) is 7.86. The average molecular weight is 175 g/mol. The molecule has 66 valence electrons. The fourth-order valence-corrected chi connectivity index (χ4v) is 1.34. The quantitative estimate of drug-likeness (QED) is 0.719. The number of fused-ring (bicyclic) bond motifs is 1. The third kappa shape index (κ3) is 1.28. The van der Waals surface area contributed by atoms with Crippen LogP contribution in [0.4, 0.5) is 0 Å². The molecule has 3 heteroatoms. The molecule has 0 bridgehead atoms. The lowest BCUT2D eigenvalue weighted by Gasteiger charge is -1.94. The number of carboxylic acids is 1. The van der Waals surface area contributed by atoms with E-state index in [4.69, 9.17) is 5.11 Å².